The predicted molar refractivity (Wildman–Crippen MR) is 70.2 cm³/mol. The van der Waals surface area contributed by atoms with E-state index in [2.05, 4.69) is 19.2 Å². The van der Waals surface area contributed by atoms with E-state index in [1.807, 2.05) is 0 Å². The van der Waals surface area contributed by atoms with Gasteiger partial charge in [0.1, 0.15) is 0 Å². The molecule has 1 amide bonds. The van der Waals surface area contributed by atoms with Crippen LogP contribution in [0.25, 0.3) is 0 Å². The first kappa shape index (κ1) is 15.0. The second-order valence-corrected chi connectivity index (χ2v) is 5.67. The SMILES string of the molecule is CC(C)CCCCCCNC(=O)[C@@H]1C[C@@H]1C(=O)O. The molecular formula is C14H25NO3. The maximum Gasteiger partial charge on any atom is 0.307 e. The lowest BCUT2D eigenvalue weighted by Gasteiger charge is -2.05. The van der Waals surface area contributed by atoms with Crippen molar-refractivity contribution in [3.8, 4) is 0 Å². The zero-order valence-corrected chi connectivity index (χ0v) is 11.4. The van der Waals surface area contributed by atoms with Crippen molar-refractivity contribution in [2.24, 2.45) is 17.8 Å². The van der Waals surface area contributed by atoms with Crippen LogP contribution in [0, 0.1) is 17.8 Å². The Balaban J connectivity index is 1.92. The van der Waals surface area contributed by atoms with E-state index in [-0.39, 0.29) is 11.8 Å². The van der Waals surface area contributed by atoms with Gasteiger partial charge >= 0.3 is 5.97 Å². The predicted octanol–water partition coefficient (Wildman–Crippen LogP) is 2.43. The van der Waals surface area contributed by atoms with Crippen LogP contribution in [0.15, 0.2) is 0 Å². The fraction of sp³-hybridized carbons (Fsp3) is 0.857. The largest absolute Gasteiger partial charge is 0.481 e. The van der Waals surface area contributed by atoms with E-state index in [9.17, 15) is 9.59 Å². The second kappa shape index (κ2) is 7.39. The van der Waals surface area contributed by atoms with Crippen molar-refractivity contribution in [2.45, 2.75) is 52.4 Å². The Morgan fingerprint density at radius 3 is 2.39 bits per heavy atom. The molecule has 4 heteroatoms. The lowest BCUT2D eigenvalue weighted by molar-refractivity contribution is -0.140. The molecule has 0 heterocycles. The average Bonchev–Trinajstić information content (AvgIpc) is 3.07. The first-order valence-corrected chi connectivity index (χ1v) is 7.03. The summed E-state index contributed by atoms with van der Waals surface area (Å²) in [6.45, 7) is 5.15. The summed E-state index contributed by atoms with van der Waals surface area (Å²) in [6.07, 6.45) is 6.39. The van der Waals surface area contributed by atoms with E-state index in [1.54, 1.807) is 0 Å². The van der Waals surface area contributed by atoms with Gasteiger partial charge in [0.25, 0.3) is 0 Å². The molecule has 4 nitrogen and oxygen atoms in total. The standard InChI is InChI=1S/C14H25NO3/c1-10(2)7-5-3-4-6-8-15-13(16)11-9-12(11)14(17)18/h10-12H,3-9H2,1-2H3,(H,15,16)(H,17,18)/t11-,12+/m1/s1. The minimum atomic E-state index is -0.844. The van der Waals surface area contributed by atoms with Gasteiger partial charge in [-0.15, -0.1) is 0 Å². The highest BCUT2D eigenvalue weighted by atomic mass is 16.4. The summed E-state index contributed by atoms with van der Waals surface area (Å²) in [7, 11) is 0. The van der Waals surface area contributed by atoms with E-state index >= 15 is 0 Å². The summed E-state index contributed by atoms with van der Waals surface area (Å²) in [5.74, 6) is -0.861. The molecule has 0 aromatic carbocycles. The van der Waals surface area contributed by atoms with Gasteiger partial charge < -0.3 is 10.4 Å². The van der Waals surface area contributed by atoms with E-state index < -0.39 is 11.9 Å². The van der Waals surface area contributed by atoms with Crippen molar-refractivity contribution in [1.29, 1.82) is 0 Å². The maximum atomic E-state index is 11.5. The molecule has 0 aromatic rings. The molecule has 1 fully saturated rings. The number of hydrogen-bond acceptors (Lipinski definition) is 2. The highest BCUT2D eigenvalue weighted by Crippen LogP contribution is 2.38. The van der Waals surface area contributed by atoms with Crippen LogP contribution in [0.3, 0.4) is 0 Å². The van der Waals surface area contributed by atoms with Crippen molar-refractivity contribution in [3.05, 3.63) is 0 Å². The Morgan fingerprint density at radius 2 is 1.83 bits per heavy atom. The van der Waals surface area contributed by atoms with E-state index in [0.717, 1.165) is 18.8 Å². The summed E-state index contributed by atoms with van der Waals surface area (Å²) in [6, 6.07) is 0. The summed E-state index contributed by atoms with van der Waals surface area (Å²) in [5.41, 5.74) is 0. The molecule has 2 atom stereocenters. The highest BCUT2D eigenvalue weighted by molar-refractivity contribution is 5.89. The van der Waals surface area contributed by atoms with Gasteiger partial charge in [-0.1, -0.05) is 39.5 Å². The molecule has 0 bridgehead atoms. The zero-order chi connectivity index (χ0) is 13.5. The molecule has 0 unspecified atom stereocenters. The summed E-state index contributed by atoms with van der Waals surface area (Å²) in [5, 5.41) is 11.5. The monoisotopic (exact) mass is 255 g/mol. The summed E-state index contributed by atoms with van der Waals surface area (Å²) >= 11 is 0. The molecule has 104 valence electrons. The number of amides is 1. The number of carbonyl (C=O) groups is 2. The molecular weight excluding hydrogens is 230 g/mol. The second-order valence-electron chi connectivity index (χ2n) is 5.67. The molecule has 0 radical (unpaired) electrons. The minimum Gasteiger partial charge on any atom is -0.481 e. The van der Waals surface area contributed by atoms with Gasteiger partial charge in [-0.25, -0.2) is 0 Å². The van der Waals surface area contributed by atoms with Gasteiger partial charge in [-0.3, -0.25) is 9.59 Å². The van der Waals surface area contributed by atoms with Crippen molar-refractivity contribution >= 4 is 11.9 Å². The third kappa shape index (κ3) is 5.52. The van der Waals surface area contributed by atoms with Gasteiger partial charge in [0, 0.05) is 6.54 Å². The number of carboxylic acids is 1. The van der Waals surface area contributed by atoms with Crippen LogP contribution in [0.1, 0.15) is 52.4 Å². The van der Waals surface area contributed by atoms with Gasteiger partial charge in [0.05, 0.1) is 11.8 Å². The number of nitrogens with one attached hydrogen (secondary N) is 1. The maximum absolute atomic E-state index is 11.5. The number of aliphatic carboxylic acids is 1. The molecule has 1 rings (SSSR count). The van der Waals surface area contributed by atoms with Crippen LogP contribution in [0.2, 0.25) is 0 Å². The van der Waals surface area contributed by atoms with Crippen molar-refractivity contribution in [3.63, 3.8) is 0 Å². The first-order valence-electron chi connectivity index (χ1n) is 7.03. The highest BCUT2D eigenvalue weighted by Gasteiger charge is 2.48. The molecule has 1 aliphatic carbocycles. The van der Waals surface area contributed by atoms with Crippen LogP contribution in [0.5, 0.6) is 0 Å². The smallest absolute Gasteiger partial charge is 0.307 e. The fourth-order valence-corrected chi connectivity index (χ4v) is 2.13. The number of carbonyl (C=O) groups excluding carboxylic acids is 1. The topological polar surface area (TPSA) is 66.4 Å². The molecule has 1 saturated carbocycles. The van der Waals surface area contributed by atoms with Gasteiger partial charge in [0.2, 0.25) is 5.91 Å². The molecule has 0 aromatic heterocycles. The number of hydrogen-bond donors (Lipinski definition) is 2. The number of unbranched alkanes of at least 4 members (excludes halogenated alkanes) is 3. The average molecular weight is 255 g/mol. The molecule has 0 spiro atoms. The van der Waals surface area contributed by atoms with Crippen LogP contribution in [-0.4, -0.2) is 23.5 Å². The Hall–Kier alpha value is -1.06. The number of rotatable bonds is 9. The lowest BCUT2D eigenvalue weighted by Crippen LogP contribution is -2.27. The van der Waals surface area contributed by atoms with Crippen molar-refractivity contribution < 1.29 is 14.7 Å². The van der Waals surface area contributed by atoms with Crippen LogP contribution < -0.4 is 5.32 Å². The van der Waals surface area contributed by atoms with Crippen molar-refractivity contribution in [1.82, 2.24) is 5.32 Å². The van der Waals surface area contributed by atoms with Gasteiger partial charge in [-0.05, 0) is 18.8 Å². The third-order valence-electron chi connectivity index (χ3n) is 3.45. The molecule has 0 saturated heterocycles. The molecule has 0 aliphatic heterocycles. The Morgan fingerprint density at radius 1 is 1.17 bits per heavy atom. The quantitative estimate of drug-likeness (QED) is 0.622. The third-order valence-corrected chi connectivity index (χ3v) is 3.45. The van der Waals surface area contributed by atoms with Crippen molar-refractivity contribution in [2.75, 3.05) is 6.54 Å². The Labute approximate surface area is 109 Å². The fourth-order valence-electron chi connectivity index (χ4n) is 2.13. The van der Waals surface area contributed by atoms with Crippen LogP contribution >= 0.6 is 0 Å². The first-order chi connectivity index (χ1) is 8.52. The lowest BCUT2D eigenvalue weighted by atomic mass is 10.0. The summed E-state index contributed by atoms with van der Waals surface area (Å²) < 4.78 is 0. The Kier molecular flexibility index (Phi) is 6.16. The van der Waals surface area contributed by atoms with E-state index in [0.29, 0.717) is 13.0 Å². The molecule has 2 N–H and O–H groups in total. The molecule has 18 heavy (non-hydrogen) atoms. The van der Waals surface area contributed by atoms with E-state index in [1.165, 1.54) is 19.3 Å². The normalized spacial score (nSPS) is 21.9. The van der Waals surface area contributed by atoms with Gasteiger partial charge in [0.15, 0.2) is 0 Å². The summed E-state index contributed by atoms with van der Waals surface area (Å²) in [4.78, 5) is 22.1. The number of carboxylic acid groups (broad SMARTS) is 1. The van der Waals surface area contributed by atoms with Crippen LogP contribution in [-0.2, 0) is 9.59 Å². The Bertz CT molecular complexity index is 289. The van der Waals surface area contributed by atoms with E-state index in [4.69, 9.17) is 5.11 Å². The van der Waals surface area contributed by atoms with Crippen LogP contribution in [0.4, 0.5) is 0 Å². The molecule has 1 aliphatic rings. The minimum absolute atomic E-state index is 0.0791. The van der Waals surface area contributed by atoms with Gasteiger partial charge in [-0.2, -0.15) is 0 Å². The zero-order valence-electron chi connectivity index (χ0n) is 11.4.